The molecule has 1 aromatic carbocycles. The zero-order valence-corrected chi connectivity index (χ0v) is 14.1. The number of rotatable bonds is 3. The van der Waals surface area contributed by atoms with Crippen LogP contribution in [0.1, 0.15) is 18.2 Å². The average Bonchev–Trinajstić information content (AvgIpc) is 2.64. The maximum Gasteiger partial charge on any atom is 0.227 e. The van der Waals surface area contributed by atoms with Gasteiger partial charge in [-0.3, -0.25) is 9.88 Å². The topological polar surface area (TPSA) is 51.1 Å². The van der Waals surface area contributed by atoms with Crippen molar-refractivity contribution in [3.8, 4) is 11.6 Å². The number of fused-ring (bicyclic) bond motifs is 2. The molecule has 0 atom stereocenters. The van der Waals surface area contributed by atoms with E-state index >= 15 is 0 Å². The van der Waals surface area contributed by atoms with Gasteiger partial charge in [0.25, 0.3) is 0 Å². The molecule has 24 heavy (non-hydrogen) atoms. The lowest BCUT2D eigenvalue weighted by Crippen LogP contribution is -2.31. The Balaban J connectivity index is 1.76. The van der Waals surface area contributed by atoms with Crippen molar-refractivity contribution in [3.63, 3.8) is 0 Å². The van der Waals surface area contributed by atoms with Gasteiger partial charge < -0.3 is 4.74 Å². The molecule has 1 aliphatic heterocycles. The summed E-state index contributed by atoms with van der Waals surface area (Å²) in [5.41, 5.74) is 2.86. The third-order valence-electron chi connectivity index (χ3n) is 4.37. The number of nitrogens with zero attached hydrogens (tertiary/aromatic N) is 4. The van der Waals surface area contributed by atoms with Gasteiger partial charge in [0.05, 0.1) is 16.3 Å². The number of pyridine rings is 1. The smallest absolute Gasteiger partial charge is 0.227 e. The maximum absolute atomic E-state index is 6.26. The van der Waals surface area contributed by atoms with Crippen LogP contribution in [0.2, 0.25) is 5.02 Å². The highest BCUT2D eigenvalue weighted by Crippen LogP contribution is 2.34. The van der Waals surface area contributed by atoms with Gasteiger partial charge in [-0.05, 0) is 30.8 Å². The zero-order chi connectivity index (χ0) is 16.5. The zero-order valence-electron chi connectivity index (χ0n) is 13.4. The van der Waals surface area contributed by atoms with E-state index in [-0.39, 0.29) is 0 Å². The molecule has 0 spiro atoms. The molecule has 122 valence electrons. The standard InChI is InChI=1S/C18H17ClN4O/c1-2-23-9-7-15-13(10-23)18(22-11-21-15)24-16-6-5-14(19)12-4-3-8-20-17(12)16/h3-6,8,11H,2,7,9-10H2,1H3. The molecule has 0 saturated carbocycles. The van der Waals surface area contributed by atoms with Crippen molar-refractivity contribution in [3.05, 3.63) is 53.1 Å². The first kappa shape index (κ1) is 15.3. The van der Waals surface area contributed by atoms with Crippen molar-refractivity contribution in [1.29, 1.82) is 0 Å². The van der Waals surface area contributed by atoms with Crippen LogP contribution in [0.25, 0.3) is 10.9 Å². The second-order valence-electron chi connectivity index (χ2n) is 5.77. The van der Waals surface area contributed by atoms with Gasteiger partial charge in [-0.25, -0.2) is 9.97 Å². The average molecular weight is 341 g/mol. The lowest BCUT2D eigenvalue weighted by atomic mass is 10.1. The SMILES string of the molecule is CCN1CCc2ncnc(Oc3ccc(Cl)c4cccnc34)c2C1. The molecular formula is C18H17ClN4O. The second kappa shape index (κ2) is 6.34. The van der Waals surface area contributed by atoms with Crippen LogP contribution in [0.3, 0.4) is 0 Å². The van der Waals surface area contributed by atoms with Crippen LogP contribution >= 0.6 is 11.6 Å². The van der Waals surface area contributed by atoms with Crippen LogP contribution in [0.15, 0.2) is 36.8 Å². The van der Waals surface area contributed by atoms with Crippen LogP contribution in [-0.4, -0.2) is 32.9 Å². The number of hydrogen-bond donors (Lipinski definition) is 0. The van der Waals surface area contributed by atoms with Gasteiger partial charge >= 0.3 is 0 Å². The third-order valence-corrected chi connectivity index (χ3v) is 4.70. The molecule has 0 bridgehead atoms. The van der Waals surface area contributed by atoms with Crippen LogP contribution < -0.4 is 4.74 Å². The quantitative estimate of drug-likeness (QED) is 0.725. The van der Waals surface area contributed by atoms with E-state index in [2.05, 4.69) is 26.8 Å². The number of aromatic nitrogens is 3. The van der Waals surface area contributed by atoms with E-state index in [1.165, 1.54) is 0 Å². The van der Waals surface area contributed by atoms with Gasteiger partial charge in [0.15, 0.2) is 5.75 Å². The van der Waals surface area contributed by atoms with Gasteiger partial charge in [-0.15, -0.1) is 0 Å². The summed E-state index contributed by atoms with van der Waals surface area (Å²) in [7, 11) is 0. The molecule has 0 radical (unpaired) electrons. The van der Waals surface area contributed by atoms with Crippen molar-refractivity contribution in [1.82, 2.24) is 19.9 Å². The Hall–Kier alpha value is -2.24. The summed E-state index contributed by atoms with van der Waals surface area (Å²) in [5.74, 6) is 1.26. The lowest BCUT2D eigenvalue weighted by molar-refractivity contribution is 0.259. The molecule has 0 unspecified atom stereocenters. The van der Waals surface area contributed by atoms with E-state index in [4.69, 9.17) is 16.3 Å². The van der Waals surface area contributed by atoms with Crippen LogP contribution in [0.5, 0.6) is 11.6 Å². The van der Waals surface area contributed by atoms with Gasteiger partial charge in [0.2, 0.25) is 5.88 Å². The van der Waals surface area contributed by atoms with Gasteiger partial charge in [-0.2, -0.15) is 0 Å². The van der Waals surface area contributed by atoms with E-state index in [9.17, 15) is 0 Å². The molecule has 3 aromatic rings. The molecule has 0 fully saturated rings. The fourth-order valence-corrected chi connectivity index (χ4v) is 3.24. The molecule has 2 aromatic heterocycles. The monoisotopic (exact) mass is 340 g/mol. The van der Waals surface area contributed by atoms with Gasteiger partial charge in [-0.1, -0.05) is 18.5 Å². The molecule has 0 amide bonds. The second-order valence-corrected chi connectivity index (χ2v) is 6.18. The molecular weight excluding hydrogens is 324 g/mol. The van der Waals surface area contributed by atoms with Crippen molar-refractivity contribution in [2.75, 3.05) is 13.1 Å². The molecule has 0 saturated heterocycles. The molecule has 0 aliphatic carbocycles. The summed E-state index contributed by atoms with van der Waals surface area (Å²) < 4.78 is 6.14. The number of benzene rings is 1. The Morgan fingerprint density at radius 1 is 1.21 bits per heavy atom. The van der Waals surface area contributed by atoms with E-state index in [0.29, 0.717) is 16.7 Å². The maximum atomic E-state index is 6.26. The van der Waals surface area contributed by atoms with Crippen molar-refractivity contribution >= 4 is 22.5 Å². The van der Waals surface area contributed by atoms with E-state index in [1.54, 1.807) is 12.5 Å². The lowest BCUT2D eigenvalue weighted by Gasteiger charge is -2.27. The molecule has 4 rings (SSSR count). The first-order valence-electron chi connectivity index (χ1n) is 8.02. The Morgan fingerprint density at radius 2 is 2.12 bits per heavy atom. The van der Waals surface area contributed by atoms with Crippen LogP contribution in [0, 0.1) is 0 Å². The van der Waals surface area contributed by atoms with Gasteiger partial charge in [0.1, 0.15) is 11.8 Å². The largest absolute Gasteiger partial charge is 0.436 e. The highest BCUT2D eigenvalue weighted by atomic mass is 35.5. The summed E-state index contributed by atoms with van der Waals surface area (Å²) in [4.78, 5) is 15.6. The summed E-state index contributed by atoms with van der Waals surface area (Å²) in [6.45, 7) is 4.98. The summed E-state index contributed by atoms with van der Waals surface area (Å²) >= 11 is 6.26. The summed E-state index contributed by atoms with van der Waals surface area (Å²) in [5, 5.41) is 1.53. The fraction of sp³-hybridized carbons (Fsp3) is 0.278. The summed E-state index contributed by atoms with van der Waals surface area (Å²) in [6, 6.07) is 7.47. The Kier molecular flexibility index (Phi) is 4.04. The minimum absolute atomic E-state index is 0.604. The summed E-state index contributed by atoms with van der Waals surface area (Å²) in [6.07, 6.45) is 4.22. The molecule has 3 heterocycles. The Labute approximate surface area is 145 Å². The van der Waals surface area contributed by atoms with Crippen molar-refractivity contribution in [2.45, 2.75) is 19.9 Å². The normalized spacial score (nSPS) is 14.6. The van der Waals surface area contributed by atoms with Crippen molar-refractivity contribution in [2.24, 2.45) is 0 Å². The minimum Gasteiger partial charge on any atom is -0.436 e. The van der Waals surface area contributed by atoms with Gasteiger partial charge in [0, 0.05) is 31.1 Å². The molecule has 1 aliphatic rings. The highest BCUT2D eigenvalue weighted by Gasteiger charge is 2.22. The minimum atomic E-state index is 0.604. The number of hydrogen-bond acceptors (Lipinski definition) is 5. The van der Waals surface area contributed by atoms with Crippen LogP contribution in [-0.2, 0) is 13.0 Å². The number of likely N-dealkylation sites (N-methyl/N-ethyl adjacent to an activating group) is 1. The third kappa shape index (κ3) is 2.70. The van der Waals surface area contributed by atoms with E-state index < -0.39 is 0 Å². The molecule has 5 nitrogen and oxygen atoms in total. The van der Waals surface area contributed by atoms with E-state index in [1.807, 2.05) is 24.3 Å². The van der Waals surface area contributed by atoms with Crippen LogP contribution in [0.4, 0.5) is 0 Å². The first-order chi connectivity index (χ1) is 11.8. The molecule has 0 N–H and O–H groups in total. The Morgan fingerprint density at radius 3 is 3.00 bits per heavy atom. The Bertz CT molecular complexity index is 899. The number of ether oxygens (including phenoxy) is 1. The first-order valence-corrected chi connectivity index (χ1v) is 8.40. The van der Waals surface area contributed by atoms with Crippen molar-refractivity contribution < 1.29 is 4.74 Å². The van der Waals surface area contributed by atoms with E-state index in [0.717, 1.165) is 48.2 Å². The fourth-order valence-electron chi connectivity index (χ4n) is 3.03. The highest BCUT2D eigenvalue weighted by molar-refractivity contribution is 6.35. The molecule has 6 heteroatoms. The predicted octanol–water partition coefficient (Wildman–Crippen LogP) is 3.85. The predicted molar refractivity (Wildman–Crippen MR) is 93.5 cm³/mol. The number of halogens is 1.